The highest BCUT2D eigenvalue weighted by Crippen LogP contribution is 2.28. The summed E-state index contributed by atoms with van der Waals surface area (Å²) in [5.74, 6) is 0.332. The zero-order valence-electron chi connectivity index (χ0n) is 12.9. The number of ether oxygens (including phenoxy) is 1. The van der Waals surface area contributed by atoms with Crippen LogP contribution in [0.15, 0.2) is 59.6 Å². The fourth-order valence-corrected chi connectivity index (χ4v) is 3.48. The van der Waals surface area contributed by atoms with Crippen LogP contribution in [-0.4, -0.2) is 20.0 Å². The van der Waals surface area contributed by atoms with E-state index in [0.29, 0.717) is 23.1 Å². The van der Waals surface area contributed by atoms with Gasteiger partial charge in [0, 0.05) is 11.5 Å². The van der Waals surface area contributed by atoms with E-state index in [0.717, 1.165) is 10.9 Å². The van der Waals surface area contributed by atoms with E-state index in [1.54, 1.807) is 13.0 Å². The monoisotopic (exact) mass is 362 g/mol. The maximum absolute atomic E-state index is 12.6. The van der Waals surface area contributed by atoms with Crippen molar-refractivity contribution in [3.63, 3.8) is 0 Å². The van der Waals surface area contributed by atoms with Crippen molar-refractivity contribution in [2.24, 2.45) is 0 Å². The van der Waals surface area contributed by atoms with Crippen molar-refractivity contribution in [3.05, 3.63) is 59.8 Å². The van der Waals surface area contributed by atoms with Crippen molar-refractivity contribution >= 4 is 38.2 Å². The van der Waals surface area contributed by atoms with Crippen molar-refractivity contribution in [3.8, 4) is 5.75 Å². The van der Waals surface area contributed by atoms with Gasteiger partial charge in [-0.25, -0.2) is 8.42 Å². The molecule has 3 rings (SSSR count). The number of nitrogens with one attached hydrogen (secondary N) is 1. The quantitative estimate of drug-likeness (QED) is 0.742. The molecule has 0 unspecified atom stereocenters. The van der Waals surface area contributed by atoms with Gasteiger partial charge in [0.1, 0.15) is 5.75 Å². The first-order valence-corrected chi connectivity index (χ1v) is 9.15. The van der Waals surface area contributed by atoms with Gasteiger partial charge in [-0.05, 0) is 31.2 Å². The lowest BCUT2D eigenvalue weighted by Crippen LogP contribution is -2.13. The lowest BCUT2D eigenvalue weighted by atomic mass is 10.2. The number of hydrogen-bond acceptors (Lipinski definition) is 4. The number of halogens is 1. The summed E-state index contributed by atoms with van der Waals surface area (Å²) in [6.45, 7) is 2.20. The summed E-state index contributed by atoms with van der Waals surface area (Å²) in [6, 6.07) is 13.6. The number of pyridine rings is 1. The third-order valence-electron chi connectivity index (χ3n) is 3.36. The molecular weight excluding hydrogens is 348 g/mol. The van der Waals surface area contributed by atoms with Gasteiger partial charge in [-0.1, -0.05) is 29.8 Å². The molecule has 24 heavy (non-hydrogen) atoms. The molecule has 0 aliphatic rings. The average molecular weight is 363 g/mol. The van der Waals surface area contributed by atoms with E-state index >= 15 is 0 Å². The third kappa shape index (κ3) is 3.44. The van der Waals surface area contributed by atoms with Crippen molar-refractivity contribution in [1.82, 2.24) is 4.98 Å². The largest absolute Gasteiger partial charge is 0.492 e. The molecule has 0 fully saturated rings. The number of hydrogen-bond donors (Lipinski definition) is 1. The summed E-state index contributed by atoms with van der Waals surface area (Å²) in [5, 5.41) is 1.21. The summed E-state index contributed by atoms with van der Waals surface area (Å²) in [7, 11) is -3.77. The Bertz CT molecular complexity index is 990. The van der Waals surface area contributed by atoms with Gasteiger partial charge in [-0.3, -0.25) is 9.71 Å². The zero-order valence-corrected chi connectivity index (χ0v) is 14.4. The molecule has 0 aliphatic heterocycles. The number of anilines is 1. The Morgan fingerprint density at radius 2 is 1.96 bits per heavy atom. The normalized spacial score (nSPS) is 11.4. The van der Waals surface area contributed by atoms with Crippen LogP contribution in [-0.2, 0) is 10.0 Å². The molecule has 0 saturated heterocycles. The number of benzene rings is 2. The third-order valence-corrected chi connectivity index (χ3v) is 5.05. The fourth-order valence-electron chi connectivity index (χ4n) is 2.26. The minimum atomic E-state index is -3.77. The van der Waals surface area contributed by atoms with E-state index in [-0.39, 0.29) is 4.90 Å². The number of rotatable bonds is 5. The van der Waals surface area contributed by atoms with Gasteiger partial charge in [0.25, 0.3) is 10.0 Å². The molecular formula is C17H15ClN2O3S. The number of fused-ring (bicyclic) bond motifs is 1. The van der Waals surface area contributed by atoms with E-state index < -0.39 is 10.0 Å². The number of para-hydroxylation sites is 1. The Labute approximate surface area is 145 Å². The first-order valence-electron chi connectivity index (χ1n) is 7.29. The van der Waals surface area contributed by atoms with Gasteiger partial charge in [-0.2, -0.15) is 0 Å². The highest BCUT2D eigenvalue weighted by Gasteiger charge is 2.17. The molecule has 0 atom stereocenters. The molecule has 1 heterocycles. The van der Waals surface area contributed by atoms with Crippen molar-refractivity contribution in [1.29, 1.82) is 0 Å². The van der Waals surface area contributed by atoms with Crippen LogP contribution in [0.5, 0.6) is 5.75 Å². The molecule has 5 nitrogen and oxygen atoms in total. The predicted octanol–water partition coefficient (Wildman–Crippen LogP) is 4.09. The van der Waals surface area contributed by atoms with Crippen LogP contribution in [0.3, 0.4) is 0 Å². The van der Waals surface area contributed by atoms with Gasteiger partial charge < -0.3 is 4.74 Å². The SMILES string of the molecule is CCOc1cc(S(=O)(=O)Nc2cnc3ccccc3c2)ccc1Cl. The maximum Gasteiger partial charge on any atom is 0.262 e. The predicted molar refractivity (Wildman–Crippen MR) is 95.2 cm³/mol. The minimum Gasteiger partial charge on any atom is -0.492 e. The maximum atomic E-state index is 12.6. The second-order valence-electron chi connectivity index (χ2n) is 5.05. The molecule has 0 aliphatic carbocycles. The van der Waals surface area contributed by atoms with Crippen LogP contribution in [0, 0.1) is 0 Å². The van der Waals surface area contributed by atoms with E-state index in [2.05, 4.69) is 9.71 Å². The first kappa shape index (κ1) is 16.5. The Morgan fingerprint density at radius 3 is 2.75 bits per heavy atom. The Balaban J connectivity index is 1.93. The van der Waals surface area contributed by atoms with Crippen LogP contribution in [0.2, 0.25) is 5.02 Å². The van der Waals surface area contributed by atoms with Gasteiger partial charge in [0.2, 0.25) is 0 Å². The summed E-state index contributed by atoms with van der Waals surface area (Å²) < 4.78 is 33.0. The Kier molecular flexibility index (Phi) is 4.59. The second kappa shape index (κ2) is 6.67. The fraction of sp³-hybridized carbons (Fsp3) is 0.118. The van der Waals surface area contributed by atoms with Crippen LogP contribution < -0.4 is 9.46 Å². The second-order valence-corrected chi connectivity index (χ2v) is 7.14. The molecule has 1 N–H and O–H groups in total. The van der Waals surface area contributed by atoms with Gasteiger partial charge in [-0.15, -0.1) is 0 Å². The highest BCUT2D eigenvalue weighted by atomic mass is 35.5. The van der Waals surface area contributed by atoms with E-state index in [4.69, 9.17) is 16.3 Å². The molecule has 2 aromatic carbocycles. The lowest BCUT2D eigenvalue weighted by Gasteiger charge is -2.11. The molecule has 0 amide bonds. The first-order chi connectivity index (χ1) is 11.5. The lowest BCUT2D eigenvalue weighted by molar-refractivity contribution is 0.339. The van der Waals surface area contributed by atoms with Gasteiger partial charge in [0.05, 0.1) is 33.9 Å². The topological polar surface area (TPSA) is 68.3 Å². The molecule has 3 aromatic rings. The van der Waals surface area contributed by atoms with Gasteiger partial charge >= 0.3 is 0 Å². The molecule has 124 valence electrons. The van der Waals surface area contributed by atoms with E-state index in [9.17, 15) is 8.42 Å². The van der Waals surface area contributed by atoms with E-state index in [1.807, 2.05) is 24.3 Å². The summed E-state index contributed by atoms with van der Waals surface area (Å²) in [4.78, 5) is 4.32. The summed E-state index contributed by atoms with van der Waals surface area (Å²) in [6.07, 6.45) is 1.49. The zero-order chi connectivity index (χ0) is 17.2. The summed E-state index contributed by atoms with van der Waals surface area (Å²) in [5.41, 5.74) is 1.19. The van der Waals surface area contributed by atoms with Crippen molar-refractivity contribution in [2.75, 3.05) is 11.3 Å². The van der Waals surface area contributed by atoms with Crippen molar-refractivity contribution < 1.29 is 13.2 Å². The molecule has 0 bridgehead atoms. The smallest absolute Gasteiger partial charge is 0.262 e. The minimum absolute atomic E-state index is 0.0727. The number of sulfonamides is 1. The highest BCUT2D eigenvalue weighted by molar-refractivity contribution is 7.92. The van der Waals surface area contributed by atoms with Crippen LogP contribution in [0.4, 0.5) is 5.69 Å². The molecule has 1 aromatic heterocycles. The molecule has 0 spiro atoms. The number of aromatic nitrogens is 1. The van der Waals surface area contributed by atoms with E-state index in [1.165, 1.54) is 24.4 Å². The molecule has 7 heteroatoms. The average Bonchev–Trinajstić information content (AvgIpc) is 2.56. The number of nitrogens with zero attached hydrogens (tertiary/aromatic N) is 1. The van der Waals surface area contributed by atoms with Crippen LogP contribution in [0.1, 0.15) is 6.92 Å². The van der Waals surface area contributed by atoms with Crippen LogP contribution >= 0.6 is 11.6 Å². The van der Waals surface area contributed by atoms with Gasteiger partial charge in [0.15, 0.2) is 0 Å². The Morgan fingerprint density at radius 1 is 1.17 bits per heavy atom. The Hall–Kier alpha value is -2.31. The summed E-state index contributed by atoms with van der Waals surface area (Å²) >= 11 is 6.00. The van der Waals surface area contributed by atoms with Crippen LogP contribution in [0.25, 0.3) is 10.9 Å². The molecule has 0 radical (unpaired) electrons. The standard InChI is InChI=1S/C17H15ClN2O3S/c1-2-23-17-10-14(7-8-15(17)18)24(21,22)20-13-9-12-5-3-4-6-16(12)19-11-13/h3-11,20H,2H2,1H3. The molecule has 0 saturated carbocycles. The van der Waals surface area contributed by atoms with Crippen molar-refractivity contribution in [2.45, 2.75) is 11.8 Å².